The summed E-state index contributed by atoms with van der Waals surface area (Å²) in [6.45, 7) is 4.24. The van der Waals surface area contributed by atoms with Crippen LogP contribution >= 0.6 is 11.6 Å². The van der Waals surface area contributed by atoms with Crippen molar-refractivity contribution < 1.29 is 4.74 Å². The molecule has 3 nitrogen and oxygen atoms in total. The molecule has 1 heterocycles. The summed E-state index contributed by atoms with van der Waals surface area (Å²) in [6, 6.07) is 0.380. The van der Waals surface area contributed by atoms with Crippen molar-refractivity contribution in [2.24, 2.45) is 5.41 Å². The molecule has 2 atom stereocenters. The smallest absolute Gasteiger partial charge is 0.157 e. The summed E-state index contributed by atoms with van der Waals surface area (Å²) in [4.78, 5) is 0. The highest BCUT2D eigenvalue weighted by Gasteiger charge is 2.57. The second kappa shape index (κ2) is 4.44. The lowest BCUT2D eigenvalue weighted by Crippen LogP contribution is -2.55. The number of rotatable bonds is 3. The summed E-state index contributed by atoms with van der Waals surface area (Å²) in [7, 11) is 0. The molecule has 0 radical (unpaired) electrons. The number of hydrogen-bond acceptors (Lipinski definition) is 2. The quantitative estimate of drug-likeness (QED) is 0.780. The maximum absolute atomic E-state index is 6.43. The molecule has 2 saturated carbocycles. The molecule has 2 aliphatic carbocycles. The van der Waals surface area contributed by atoms with E-state index in [1.54, 1.807) is 0 Å². The average Bonchev–Trinajstić information content (AvgIpc) is 2.99. The van der Waals surface area contributed by atoms with Crippen LogP contribution in [0.15, 0.2) is 12.4 Å². The average molecular weight is 269 g/mol. The standard InChI is InChI=1S/C14H21ClN2O/c1-10(2)17-9-11(8-16-17)18-13-7-12(15)14(13)5-3-4-6-14/h8-10,12-13H,3-7H2,1-2H3. The molecule has 18 heavy (non-hydrogen) atoms. The summed E-state index contributed by atoms with van der Waals surface area (Å²) in [5.41, 5.74) is 0.251. The Labute approximate surface area is 113 Å². The predicted octanol–water partition coefficient (Wildman–Crippen LogP) is 3.78. The van der Waals surface area contributed by atoms with Crippen molar-refractivity contribution in [1.29, 1.82) is 0 Å². The van der Waals surface area contributed by atoms with E-state index in [1.807, 2.05) is 17.1 Å². The van der Waals surface area contributed by atoms with Crippen LogP contribution in [0.1, 0.15) is 52.0 Å². The molecule has 0 N–H and O–H groups in total. The van der Waals surface area contributed by atoms with Gasteiger partial charge in [0.1, 0.15) is 6.10 Å². The van der Waals surface area contributed by atoms with Crippen molar-refractivity contribution in [2.45, 2.75) is 63.5 Å². The predicted molar refractivity (Wildman–Crippen MR) is 72.2 cm³/mol. The van der Waals surface area contributed by atoms with Crippen molar-refractivity contribution in [3.8, 4) is 5.75 Å². The fourth-order valence-corrected chi connectivity index (χ4v) is 3.88. The molecule has 1 aromatic heterocycles. The van der Waals surface area contributed by atoms with Gasteiger partial charge in [0, 0.05) is 23.3 Å². The summed E-state index contributed by atoms with van der Waals surface area (Å²) in [5.74, 6) is 0.892. The molecule has 0 aliphatic heterocycles. The van der Waals surface area contributed by atoms with Crippen LogP contribution in [0.25, 0.3) is 0 Å². The Morgan fingerprint density at radius 1 is 1.44 bits per heavy atom. The topological polar surface area (TPSA) is 27.1 Å². The van der Waals surface area contributed by atoms with Crippen LogP contribution in [0.5, 0.6) is 5.75 Å². The molecule has 2 aliphatic rings. The lowest BCUT2D eigenvalue weighted by atomic mass is 9.64. The van der Waals surface area contributed by atoms with Gasteiger partial charge in [-0.1, -0.05) is 12.8 Å². The van der Waals surface area contributed by atoms with Gasteiger partial charge < -0.3 is 4.74 Å². The van der Waals surface area contributed by atoms with Gasteiger partial charge in [-0.3, -0.25) is 4.68 Å². The zero-order valence-electron chi connectivity index (χ0n) is 11.1. The second-order valence-electron chi connectivity index (χ2n) is 6.00. The first-order chi connectivity index (χ1) is 8.62. The molecular formula is C14H21ClN2O. The number of halogens is 1. The van der Waals surface area contributed by atoms with Crippen LogP contribution < -0.4 is 4.74 Å². The zero-order chi connectivity index (χ0) is 12.8. The van der Waals surface area contributed by atoms with Crippen LogP contribution in [0.4, 0.5) is 0 Å². The first-order valence-electron chi connectivity index (χ1n) is 6.97. The van der Waals surface area contributed by atoms with Gasteiger partial charge >= 0.3 is 0 Å². The Balaban J connectivity index is 1.69. The van der Waals surface area contributed by atoms with E-state index < -0.39 is 0 Å². The van der Waals surface area contributed by atoms with Crippen LogP contribution in [-0.4, -0.2) is 21.3 Å². The molecule has 1 spiro atoms. The van der Waals surface area contributed by atoms with E-state index in [9.17, 15) is 0 Å². The second-order valence-corrected chi connectivity index (χ2v) is 6.53. The molecule has 3 rings (SSSR count). The van der Waals surface area contributed by atoms with Crippen molar-refractivity contribution in [3.63, 3.8) is 0 Å². The Bertz CT molecular complexity index is 423. The van der Waals surface area contributed by atoms with E-state index in [4.69, 9.17) is 16.3 Å². The summed E-state index contributed by atoms with van der Waals surface area (Å²) in [6.07, 6.45) is 10.2. The fraction of sp³-hybridized carbons (Fsp3) is 0.786. The largest absolute Gasteiger partial charge is 0.486 e. The number of nitrogens with zero attached hydrogens (tertiary/aromatic N) is 2. The molecule has 100 valence electrons. The van der Waals surface area contributed by atoms with Crippen molar-refractivity contribution >= 4 is 11.6 Å². The van der Waals surface area contributed by atoms with E-state index in [0.29, 0.717) is 17.5 Å². The van der Waals surface area contributed by atoms with E-state index in [-0.39, 0.29) is 5.41 Å². The lowest BCUT2D eigenvalue weighted by molar-refractivity contribution is -0.0356. The third-order valence-electron chi connectivity index (χ3n) is 4.61. The highest BCUT2D eigenvalue weighted by Crippen LogP contribution is 2.57. The highest BCUT2D eigenvalue weighted by atomic mass is 35.5. The van der Waals surface area contributed by atoms with Crippen LogP contribution in [-0.2, 0) is 0 Å². The first kappa shape index (κ1) is 12.3. The summed E-state index contributed by atoms with van der Waals surface area (Å²) < 4.78 is 8.06. The minimum atomic E-state index is 0.251. The molecule has 0 saturated heterocycles. The van der Waals surface area contributed by atoms with Crippen LogP contribution in [0, 0.1) is 5.41 Å². The molecule has 2 unspecified atom stereocenters. The minimum absolute atomic E-state index is 0.251. The number of hydrogen-bond donors (Lipinski definition) is 0. The van der Waals surface area contributed by atoms with Gasteiger partial charge in [-0.25, -0.2) is 0 Å². The van der Waals surface area contributed by atoms with Gasteiger partial charge in [-0.2, -0.15) is 5.10 Å². The number of aromatic nitrogens is 2. The van der Waals surface area contributed by atoms with Gasteiger partial charge in [0.2, 0.25) is 0 Å². The summed E-state index contributed by atoms with van der Waals surface area (Å²) in [5, 5.41) is 4.63. The van der Waals surface area contributed by atoms with E-state index >= 15 is 0 Å². The van der Waals surface area contributed by atoms with Crippen molar-refractivity contribution in [1.82, 2.24) is 9.78 Å². The Morgan fingerprint density at radius 3 is 2.72 bits per heavy atom. The molecule has 0 bridgehead atoms. The van der Waals surface area contributed by atoms with Gasteiger partial charge in [-0.05, 0) is 26.7 Å². The molecule has 2 fully saturated rings. The first-order valence-corrected chi connectivity index (χ1v) is 7.40. The maximum atomic E-state index is 6.43. The van der Waals surface area contributed by atoms with Gasteiger partial charge in [-0.15, -0.1) is 11.6 Å². The van der Waals surface area contributed by atoms with Crippen molar-refractivity contribution in [2.75, 3.05) is 0 Å². The number of alkyl halides is 1. The SMILES string of the molecule is CC(C)n1cc(OC2CC(Cl)C23CCCC3)cn1. The third-order valence-corrected chi connectivity index (χ3v) is 5.22. The van der Waals surface area contributed by atoms with E-state index in [0.717, 1.165) is 12.2 Å². The third kappa shape index (κ3) is 1.83. The van der Waals surface area contributed by atoms with Crippen LogP contribution in [0.3, 0.4) is 0 Å². The fourth-order valence-electron chi connectivity index (χ4n) is 3.36. The lowest BCUT2D eigenvalue weighted by Gasteiger charge is -2.50. The van der Waals surface area contributed by atoms with E-state index in [2.05, 4.69) is 18.9 Å². The van der Waals surface area contributed by atoms with E-state index in [1.165, 1.54) is 25.7 Å². The highest BCUT2D eigenvalue weighted by molar-refractivity contribution is 6.21. The Morgan fingerprint density at radius 2 is 2.17 bits per heavy atom. The summed E-state index contributed by atoms with van der Waals surface area (Å²) >= 11 is 6.43. The molecule has 0 aromatic carbocycles. The molecular weight excluding hydrogens is 248 g/mol. The van der Waals surface area contributed by atoms with Gasteiger partial charge in [0.15, 0.2) is 5.75 Å². The van der Waals surface area contributed by atoms with Gasteiger partial charge in [0.05, 0.1) is 12.4 Å². The van der Waals surface area contributed by atoms with Crippen LogP contribution in [0.2, 0.25) is 0 Å². The molecule has 1 aromatic rings. The molecule has 4 heteroatoms. The van der Waals surface area contributed by atoms with Crippen molar-refractivity contribution in [3.05, 3.63) is 12.4 Å². The zero-order valence-corrected chi connectivity index (χ0v) is 11.9. The molecule has 0 amide bonds. The monoisotopic (exact) mass is 268 g/mol. The Kier molecular flexibility index (Phi) is 3.05. The normalized spacial score (nSPS) is 29.8. The van der Waals surface area contributed by atoms with Gasteiger partial charge in [0.25, 0.3) is 0 Å². The number of ether oxygens (including phenoxy) is 1. The Hall–Kier alpha value is -0.700. The maximum Gasteiger partial charge on any atom is 0.157 e. The minimum Gasteiger partial charge on any atom is -0.486 e.